The van der Waals surface area contributed by atoms with E-state index >= 15 is 0 Å². The van der Waals surface area contributed by atoms with Gasteiger partial charge in [-0.25, -0.2) is 0 Å². The van der Waals surface area contributed by atoms with E-state index in [4.69, 9.17) is 9.47 Å². The fourth-order valence-corrected chi connectivity index (χ4v) is 1.97. The van der Waals surface area contributed by atoms with Crippen molar-refractivity contribution in [3.8, 4) is 5.75 Å². The molecule has 0 bridgehead atoms. The zero-order valence-electron chi connectivity index (χ0n) is 10.9. The number of aliphatic hydroxyl groups excluding tert-OH is 1. The molecule has 2 rings (SSSR count). The van der Waals surface area contributed by atoms with Gasteiger partial charge in [0, 0.05) is 6.04 Å². The van der Waals surface area contributed by atoms with Crippen LogP contribution < -0.4 is 10.1 Å². The lowest BCUT2D eigenvalue weighted by molar-refractivity contribution is 0.120. The molecular formula is C14H21NO3. The van der Waals surface area contributed by atoms with Crippen molar-refractivity contribution in [3.63, 3.8) is 0 Å². The molecule has 4 heteroatoms. The number of benzene rings is 1. The van der Waals surface area contributed by atoms with Gasteiger partial charge in [-0.1, -0.05) is 17.7 Å². The van der Waals surface area contributed by atoms with Crippen LogP contribution in [0, 0.1) is 6.92 Å². The molecule has 0 amide bonds. The summed E-state index contributed by atoms with van der Waals surface area (Å²) in [6, 6.07) is 8.18. The molecule has 2 N–H and O–H groups in total. The van der Waals surface area contributed by atoms with E-state index in [1.54, 1.807) is 0 Å². The maximum absolute atomic E-state index is 9.63. The summed E-state index contributed by atoms with van der Waals surface area (Å²) >= 11 is 0. The molecule has 1 saturated heterocycles. The van der Waals surface area contributed by atoms with E-state index in [0.717, 1.165) is 5.75 Å². The molecule has 3 atom stereocenters. The second-order valence-corrected chi connectivity index (χ2v) is 4.90. The Morgan fingerprint density at radius 3 is 2.72 bits per heavy atom. The minimum Gasteiger partial charge on any atom is -0.492 e. The average Bonchev–Trinajstić information content (AvgIpc) is 2.74. The van der Waals surface area contributed by atoms with E-state index in [0.29, 0.717) is 19.8 Å². The topological polar surface area (TPSA) is 50.7 Å². The molecule has 1 aliphatic rings. The molecule has 0 saturated carbocycles. The number of hydrogen-bond donors (Lipinski definition) is 2. The Morgan fingerprint density at radius 2 is 2.11 bits per heavy atom. The third kappa shape index (κ3) is 3.70. The van der Waals surface area contributed by atoms with Gasteiger partial charge in [0.1, 0.15) is 12.4 Å². The van der Waals surface area contributed by atoms with Crippen LogP contribution in [0.4, 0.5) is 0 Å². The standard InChI is InChI=1S/C14H21NO3/c1-10-3-5-12(6-4-10)18-7-11(2)15-13-8-17-9-14(13)16/h3-6,11,13-16H,7-9H2,1-2H3. The number of aryl methyl sites for hydroxylation is 1. The lowest BCUT2D eigenvalue weighted by atomic mass is 10.2. The van der Waals surface area contributed by atoms with Gasteiger partial charge in [-0.05, 0) is 26.0 Å². The zero-order chi connectivity index (χ0) is 13.0. The minimum atomic E-state index is -0.410. The molecule has 0 radical (unpaired) electrons. The number of ether oxygens (including phenoxy) is 2. The van der Waals surface area contributed by atoms with Gasteiger partial charge < -0.3 is 19.9 Å². The molecule has 0 aliphatic carbocycles. The molecule has 1 fully saturated rings. The van der Waals surface area contributed by atoms with Gasteiger partial charge in [0.25, 0.3) is 0 Å². The van der Waals surface area contributed by atoms with Gasteiger partial charge >= 0.3 is 0 Å². The van der Waals surface area contributed by atoms with E-state index in [2.05, 4.69) is 12.2 Å². The van der Waals surface area contributed by atoms with Crippen molar-refractivity contribution < 1.29 is 14.6 Å². The Bertz CT molecular complexity index is 366. The first-order chi connectivity index (χ1) is 8.65. The summed E-state index contributed by atoms with van der Waals surface area (Å²) in [5.74, 6) is 0.873. The number of hydrogen-bond acceptors (Lipinski definition) is 4. The van der Waals surface area contributed by atoms with Gasteiger partial charge in [-0.2, -0.15) is 0 Å². The molecule has 18 heavy (non-hydrogen) atoms. The number of nitrogens with one attached hydrogen (secondary N) is 1. The van der Waals surface area contributed by atoms with Crippen LogP contribution in [0.5, 0.6) is 5.75 Å². The fourth-order valence-electron chi connectivity index (χ4n) is 1.97. The van der Waals surface area contributed by atoms with Gasteiger partial charge in [-0.15, -0.1) is 0 Å². The SMILES string of the molecule is Cc1ccc(OCC(C)NC2COCC2O)cc1. The molecule has 0 spiro atoms. The molecular weight excluding hydrogens is 230 g/mol. The van der Waals surface area contributed by atoms with E-state index < -0.39 is 6.10 Å². The van der Waals surface area contributed by atoms with Crippen LogP contribution in [0.25, 0.3) is 0 Å². The van der Waals surface area contributed by atoms with Crippen LogP contribution in [0.2, 0.25) is 0 Å². The van der Waals surface area contributed by atoms with E-state index in [-0.39, 0.29) is 12.1 Å². The second kappa shape index (κ2) is 6.18. The largest absolute Gasteiger partial charge is 0.492 e. The molecule has 0 aromatic heterocycles. The number of aliphatic hydroxyl groups is 1. The lowest BCUT2D eigenvalue weighted by Gasteiger charge is -2.21. The Hall–Kier alpha value is -1.10. The molecule has 1 aromatic rings. The van der Waals surface area contributed by atoms with Crippen molar-refractivity contribution in [2.24, 2.45) is 0 Å². The van der Waals surface area contributed by atoms with Crippen molar-refractivity contribution >= 4 is 0 Å². The normalized spacial score (nSPS) is 25.1. The van der Waals surface area contributed by atoms with E-state index in [9.17, 15) is 5.11 Å². The second-order valence-electron chi connectivity index (χ2n) is 4.90. The maximum atomic E-state index is 9.63. The summed E-state index contributed by atoms with van der Waals surface area (Å²) < 4.78 is 10.9. The summed E-state index contributed by atoms with van der Waals surface area (Å²) in [4.78, 5) is 0. The van der Waals surface area contributed by atoms with Crippen LogP contribution >= 0.6 is 0 Å². The first-order valence-electron chi connectivity index (χ1n) is 6.36. The van der Waals surface area contributed by atoms with Gasteiger partial charge in [-0.3, -0.25) is 0 Å². The molecule has 1 aromatic carbocycles. The average molecular weight is 251 g/mol. The lowest BCUT2D eigenvalue weighted by Crippen LogP contribution is -2.45. The smallest absolute Gasteiger partial charge is 0.119 e. The zero-order valence-corrected chi connectivity index (χ0v) is 10.9. The van der Waals surface area contributed by atoms with Crippen molar-refractivity contribution in [2.45, 2.75) is 32.0 Å². The Kier molecular flexibility index (Phi) is 4.58. The highest BCUT2D eigenvalue weighted by atomic mass is 16.5. The molecule has 1 aliphatic heterocycles. The van der Waals surface area contributed by atoms with Crippen LogP contribution in [0.1, 0.15) is 12.5 Å². The first-order valence-corrected chi connectivity index (χ1v) is 6.36. The van der Waals surface area contributed by atoms with E-state index in [1.807, 2.05) is 31.2 Å². The highest BCUT2D eigenvalue weighted by Crippen LogP contribution is 2.12. The Balaban J connectivity index is 1.74. The van der Waals surface area contributed by atoms with Gasteiger partial charge in [0.15, 0.2) is 0 Å². The summed E-state index contributed by atoms with van der Waals surface area (Å²) in [5.41, 5.74) is 1.22. The molecule has 3 unspecified atom stereocenters. The maximum Gasteiger partial charge on any atom is 0.119 e. The van der Waals surface area contributed by atoms with Crippen LogP contribution in [-0.2, 0) is 4.74 Å². The van der Waals surface area contributed by atoms with Crippen LogP contribution in [0.15, 0.2) is 24.3 Å². The van der Waals surface area contributed by atoms with Gasteiger partial charge in [0.05, 0.1) is 25.4 Å². The molecule has 4 nitrogen and oxygen atoms in total. The Labute approximate surface area is 108 Å². The van der Waals surface area contributed by atoms with Crippen LogP contribution in [0.3, 0.4) is 0 Å². The molecule has 100 valence electrons. The summed E-state index contributed by atoms with van der Waals surface area (Å²) in [5, 5.41) is 12.9. The number of rotatable bonds is 5. The van der Waals surface area contributed by atoms with E-state index in [1.165, 1.54) is 5.56 Å². The first kappa shape index (κ1) is 13.3. The highest BCUT2D eigenvalue weighted by Gasteiger charge is 2.27. The predicted molar refractivity (Wildman–Crippen MR) is 69.9 cm³/mol. The molecule has 1 heterocycles. The predicted octanol–water partition coefficient (Wildman–Crippen LogP) is 1.11. The quantitative estimate of drug-likeness (QED) is 0.823. The van der Waals surface area contributed by atoms with Crippen molar-refractivity contribution in [1.82, 2.24) is 5.32 Å². The van der Waals surface area contributed by atoms with Crippen molar-refractivity contribution in [2.75, 3.05) is 19.8 Å². The third-order valence-corrected chi connectivity index (χ3v) is 3.07. The Morgan fingerprint density at radius 1 is 1.39 bits per heavy atom. The third-order valence-electron chi connectivity index (χ3n) is 3.07. The summed E-state index contributed by atoms with van der Waals surface area (Å²) in [7, 11) is 0. The van der Waals surface area contributed by atoms with Crippen molar-refractivity contribution in [3.05, 3.63) is 29.8 Å². The summed E-state index contributed by atoms with van der Waals surface area (Å²) in [6.45, 7) is 5.65. The highest BCUT2D eigenvalue weighted by molar-refractivity contribution is 5.26. The minimum absolute atomic E-state index is 0.0154. The fraction of sp³-hybridized carbons (Fsp3) is 0.571. The van der Waals surface area contributed by atoms with Crippen LogP contribution in [-0.4, -0.2) is 43.1 Å². The van der Waals surface area contributed by atoms with Gasteiger partial charge in [0.2, 0.25) is 0 Å². The summed E-state index contributed by atoms with van der Waals surface area (Å²) in [6.07, 6.45) is -0.410. The monoisotopic (exact) mass is 251 g/mol. The van der Waals surface area contributed by atoms with Crippen molar-refractivity contribution in [1.29, 1.82) is 0 Å².